The van der Waals surface area contributed by atoms with Gasteiger partial charge in [-0.3, -0.25) is 0 Å². The number of aromatic nitrogens is 2. The van der Waals surface area contributed by atoms with Crippen molar-refractivity contribution in [3.8, 4) is 0 Å². The Labute approximate surface area is 202 Å². The maximum atomic E-state index is 13.2. The number of hydrogen-bond donors (Lipinski definition) is 1. The fraction of sp³-hybridized carbons (Fsp3) is 0.259. The summed E-state index contributed by atoms with van der Waals surface area (Å²) in [4.78, 5) is 26.3. The number of fused-ring (bicyclic) bond motifs is 5. The highest BCUT2D eigenvalue weighted by molar-refractivity contribution is 6.47. The third-order valence-electron chi connectivity index (χ3n) is 7.69. The minimum absolute atomic E-state index is 0. The Hall–Kier alpha value is -3.35. The van der Waals surface area contributed by atoms with Crippen molar-refractivity contribution in [2.75, 3.05) is 13.1 Å². The van der Waals surface area contributed by atoms with Crippen molar-refractivity contribution in [3.63, 3.8) is 0 Å². The second-order valence-corrected chi connectivity index (χ2v) is 9.43. The molecule has 34 heavy (non-hydrogen) atoms. The third-order valence-corrected chi connectivity index (χ3v) is 7.69. The fourth-order valence-corrected chi connectivity index (χ4v) is 6.18. The zero-order valence-electron chi connectivity index (χ0n) is 18.7. The number of carbonyl (C=O) groups is 2. The van der Waals surface area contributed by atoms with Crippen LogP contribution in [0.15, 0.2) is 54.7 Å². The van der Waals surface area contributed by atoms with E-state index in [-0.39, 0.29) is 12.4 Å². The highest BCUT2D eigenvalue weighted by Gasteiger charge is 2.42. The van der Waals surface area contributed by atoms with Gasteiger partial charge in [0.25, 0.3) is 0 Å². The monoisotopic (exact) mass is 473 g/mol. The molecule has 0 spiro atoms. The van der Waals surface area contributed by atoms with Crippen LogP contribution in [-0.4, -0.2) is 34.2 Å². The molecule has 4 aromatic rings. The molecule has 0 saturated carbocycles. The zero-order valence-corrected chi connectivity index (χ0v) is 19.5. The lowest BCUT2D eigenvalue weighted by atomic mass is 9.85. The predicted molar refractivity (Wildman–Crippen MR) is 134 cm³/mol. The van der Waals surface area contributed by atoms with Crippen molar-refractivity contribution in [3.05, 3.63) is 71.5 Å². The average molecular weight is 474 g/mol. The first-order valence-electron chi connectivity index (χ1n) is 11.5. The lowest BCUT2D eigenvalue weighted by Crippen LogP contribution is -2.28. The maximum Gasteiger partial charge on any atom is 0.347 e. The predicted octanol–water partition coefficient (Wildman–Crippen LogP) is 3.94. The van der Waals surface area contributed by atoms with Crippen LogP contribution in [0.3, 0.4) is 0 Å². The van der Waals surface area contributed by atoms with Crippen LogP contribution in [0.4, 0.5) is 0 Å². The van der Waals surface area contributed by atoms with E-state index < -0.39 is 11.9 Å². The van der Waals surface area contributed by atoms with Crippen LogP contribution in [0.1, 0.15) is 16.8 Å². The van der Waals surface area contributed by atoms with E-state index in [0.717, 1.165) is 64.7 Å². The molecule has 0 radical (unpaired) electrons. The van der Waals surface area contributed by atoms with Gasteiger partial charge < -0.3 is 19.2 Å². The van der Waals surface area contributed by atoms with E-state index in [0.29, 0.717) is 23.0 Å². The Kier molecular flexibility index (Phi) is 4.73. The number of cyclic esters (lactones) is 2. The van der Waals surface area contributed by atoms with Crippen molar-refractivity contribution >= 4 is 57.3 Å². The summed E-state index contributed by atoms with van der Waals surface area (Å²) in [7, 11) is 1.96. The number of benzene rings is 2. The number of nitrogens with one attached hydrogen (secondary N) is 1. The number of hydrogen-bond acceptors (Lipinski definition) is 4. The Morgan fingerprint density at radius 3 is 2.38 bits per heavy atom. The van der Waals surface area contributed by atoms with E-state index in [1.807, 2.05) is 54.2 Å². The molecule has 3 aliphatic heterocycles. The van der Waals surface area contributed by atoms with Crippen molar-refractivity contribution < 1.29 is 14.3 Å². The SMILES string of the molecule is Cl.Cn1cc(C2=C(c3c4n(c5ccccc35)CC3CNCC3C4)C(=O)OC2=O)c2ccccc21. The minimum Gasteiger partial charge on any atom is -0.386 e. The summed E-state index contributed by atoms with van der Waals surface area (Å²) >= 11 is 0. The summed E-state index contributed by atoms with van der Waals surface area (Å²) in [5.41, 5.74) is 5.67. The number of nitrogens with zero attached hydrogens (tertiary/aromatic N) is 2. The lowest BCUT2D eigenvalue weighted by Gasteiger charge is -2.28. The molecule has 5 heterocycles. The highest BCUT2D eigenvalue weighted by Crippen LogP contribution is 2.45. The van der Waals surface area contributed by atoms with E-state index in [1.54, 1.807) is 0 Å². The van der Waals surface area contributed by atoms with Gasteiger partial charge in [-0.1, -0.05) is 36.4 Å². The number of carbonyl (C=O) groups excluding carboxylic acids is 2. The molecule has 2 atom stereocenters. The summed E-state index contributed by atoms with van der Waals surface area (Å²) in [5, 5.41) is 5.48. The van der Waals surface area contributed by atoms with Gasteiger partial charge in [-0.2, -0.15) is 0 Å². The molecule has 0 bridgehead atoms. The van der Waals surface area contributed by atoms with Gasteiger partial charge >= 0.3 is 11.9 Å². The molecule has 1 fully saturated rings. The van der Waals surface area contributed by atoms with Gasteiger partial charge in [0, 0.05) is 58.4 Å². The Morgan fingerprint density at radius 2 is 1.56 bits per heavy atom. The normalized spacial score (nSPS) is 21.7. The van der Waals surface area contributed by atoms with Crippen LogP contribution >= 0.6 is 12.4 Å². The summed E-state index contributed by atoms with van der Waals surface area (Å²) in [6.45, 7) is 2.94. The summed E-state index contributed by atoms with van der Waals surface area (Å²) in [6.07, 6.45) is 2.82. The summed E-state index contributed by atoms with van der Waals surface area (Å²) in [5.74, 6) is 0.0143. The molecule has 1 N–H and O–H groups in total. The molecular formula is C27H24ClN3O3. The smallest absolute Gasteiger partial charge is 0.347 e. The maximum absolute atomic E-state index is 13.2. The van der Waals surface area contributed by atoms with Gasteiger partial charge in [-0.15, -0.1) is 12.4 Å². The van der Waals surface area contributed by atoms with Crippen LogP contribution in [-0.2, 0) is 34.3 Å². The lowest BCUT2D eigenvalue weighted by molar-refractivity contribution is -0.149. The van der Waals surface area contributed by atoms with E-state index in [2.05, 4.69) is 22.0 Å². The van der Waals surface area contributed by atoms with E-state index in [9.17, 15) is 9.59 Å². The van der Waals surface area contributed by atoms with Gasteiger partial charge in [0.1, 0.15) is 0 Å². The molecule has 172 valence electrons. The van der Waals surface area contributed by atoms with E-state index >= 15 is 0 Å². The number of rotatable bonds is 2. The Balaban J connectivity index is 0.00000217. The quantitative estimate of drug-likeness (QED) is 0.354. The number of esters is 2. The highest BCUT2D eigenvalue weighted by atomic mass is 35.5. The topological polar surface area (TPSA) is 65.3 Å². The van der Waals surface area contributed by atoms with Gasteiger partial charge in [-0.25, -0.2) is 9.59 Å². The number of aryl methyl sites for hydroxylation is 1. The Morgan fingerprint density at radius 1 is 0.882 bits per heavy atom. The molecule has 2 unspecified atom stereocenters. The molecule has 7 rings (SSSR count). The largest absolute Gasteiger partial charge is 0.386 e. The molecule has 1 saturated heterocycles. The van der Waals surface area contributed by atoms with Crippen LogP contribution in [0.5, 0.6) is 0 Å². The molecular weight excluding hydrogens is 450 g/mol. The Bertz CT molecular complexity index is 1540. The average Bonchev–Trinajstić information content (AvgIpc) is 3.56. The molecule has 6 nitrogen and oxygen atoms in total. The number of halogens is 1. The number of para-hydroxylation sites is 2. The van der Waals surface area contributed by atoms with Gasteiger partial charge in [-0.05, 0) is 43.5 Å². The fourth-order valence-electron chi connectivity index (χ4n) is 6.18. The molecule has 0 amide bonds. The molecule has 2 aromatic carbocycles. The minimum atomic E-state index is -0.563. The molecule has 0 aliphatic carbocycles. The van der Waals surface area contributed by atoms with Crippen molar-refractivity contribution in [2.45, 2.75) is 13.0 Å². The second kappa shape index (κ2) is 7.58. The van der Waals surface area contributed by atoms with E-state index in [4.69, 9.17) is 4.74 Å². The van der Waals surface area contributed by atoms with Crippen molar-refractivity contribution in [1.29, 1.82) is 0 Å². The molecule has 7 heteroatoms. The van der Waals surface area contributed by atoms with E-state index in [1.165, 1.54) is 0 Å². The summed E-state index contributed by atoms with van der Waals surface area (Å²) in [6, 6.07) is 16.2. The number of ether oxygens (including phenoxy) is 1. The first kappa shape index (κ1) is 21.2. The van der Waals surface area contributed by atoms with Crippen LogP contribution < -0.4 is 5.32 Å². The van der Waals surface area contributed by atoms with Crippen LogP contribution in [0, 0.1) is 11.8 Å². The first-order valence-corrected chi connectivity index (χ1v) is 11.5. The van der Waals surface area contributed by atoms with Crippen LogP contribution in [0.25, 0.3) is 33.0 Å². The molecule has 2 aromatic heterocycles. The zero-order chi connectivity index (χ0) is 22.3. The van der Waals surface area contributed by atoms with Gasteiger partial charge in [0.05, 0.1) is 11.1 Å². The second-order valence-electron chi connectivity index (χ2n) is 9.43. The van der Waals surface area contributed by atoms with Crippen molar-refractivity contribution in [2.24, 2.45) is 18.9 Å². The van der Waals surface area contributed by atoms with Crippen molar-refractivity contribution in [1.82, 2.24) is 14.5 Å². The first-order chi connectivity index (χ1) is 16.1. The molecule has 3 aliphatic rings. The standard InChI is InChI=1S/C27H23N3O3.ClH/c1-29-14-19(17-6-2-4-8-20(17)29)24-25(27(32)33-26(24)31)23-18-7-3-5-9-21(18)30-13-16-12-28-11-15(16)10-22(23)30;/h2-9,14-16,28H,10-13H2,1H3;1H. The van der Waals surface area contributed by atoms with Crippen LogP contribution in [0.2, 0.25) is 0 Å². The van der Waals surface area contributed by atoms with Gasteiger partial charge in [0.15, 0.2) is 0 Å². The van der Waals surface area contributed by atoms with Gasteiger partial charge in [0.2, 0.25) is 0 Å². The summed E-state index contributed by atoms with van der Waals surface area (Å²) < 4.78 is 9.62. The third kappa shape index (κ3) is 2.79.